The molecule has 6 heteroatoms. The summed E-state index contributed by atoms with van der Waals surface area (Å²) in [5, 5.41) is 9.49. The number of guanidine groups is 1. The molecule has 3 rings (SSSR count). The Kier molecular flexibility index (Phi) is 6.30. The zero-order valence-electron chi connectivity index (χ0n) is 15.8. The van der Waals surface area contributed by atoms with Crippen LogP contribution in [0, 0.1) is 0 Å². The van der Waals surface area contributed by atoms with Crippen LogP contribution in [0.25, 0.3) is 0 Å². The van der Waals surface area contributed by atoms with Gasteiger partial charge in [-0.1, -0.05) is 30.3 Å². The molecule has 142 valence electrons. The highest BCUT2D eigenvalue weighted by Gasteiger charge is 2.21. The first-order chi connectivity index (χ1) is 13.2. The molecule has 0 aromatic heterocycles. The Balaban J connectivity index is 1.56. The average Bonchev–Trinajstić information content (AvgIpc) is 2.72. The van der Waals surface area contributed by atoms with Crippen LogP contribution >= 0.6 is 0 Å². The van der Waals surface area contributed by atoms with Crippen LogP contribution in [0.15, 0.2) is 53.5 Å². The zero-order valence-corrected chi connectivity index (χ0v) is 15.8. The monoisotopic (exact) mass is 366 g/mol. The second kappa shape index (κ2) is 9.07. The van der Waals surface area contributed by atoms with Gasteiger partial charge < -0.3 is 20.7 Å². The predicted octanol–water partition coefficient (Wildman–Crippen LogP) is 2.28. The molecule has 1 heterocycles. The lowest BCUT2D eigenvalue weighted by molar-refractivity contribution is 0.0963. The summed E-state index contributed by atoms with van der Waals surface area (Å²) in [5.41, 5.74) is 2.94. The van der Waals surface area contributed by atoms with Crippen molar-refractivity contribution in [1.82, 2.24) is 16.0 Å². The van der Waals surface area contributed by atoms with Crippen molar-refractivity contribution in [2.45, 2.75) is 18.9 Å². The van der Waals surface area contributed by atoms with Crippen LogP contribution in [0.4, 0.5) is 0 Å². The maximum atomic E-state index is 11.8. The minimum absolute atomic E-state index is 0.0690. The van der Waals surface area contributed by atoms with E-state index in [-0.39, 0.29) is 11.9 Å². The molecule has 1 unspecified atom stereocenters. The Hall–Kier alpha value is -3.02. The third kappa shape index (κ3) is 4.78. The van der Waals surface area contributed by atoms with Crippen molar-refractivity contribution in [3.05, 3.63) is 65.2 Å². The van der Waals surface area contributed by atoms with Gasteiger partial charge in [0.05, 0.1) is 12.6 Å². The number of fused-ring (bicyclic) bond motifs is 1. The lowest BCUT2D eigenvalue weighted by atomic mass is 10.0. The van der Waals surface area contributed by atoms with Crippen LogP contribution < -0.4 is 20.7 Å². The van der Waals surface area contributed by atoms with Gasteiger partial charge in [0.25, 0.3) is 5.91 Å². The molecule has 2 aromatic rings. The highest BCUT2D eigenvalue weighted by Crippen LogP contribution is 2.31. The number of aliphatic imine (C=N–C) groups is 1. The van der Waals surface area contributed by atoms with Crippen molar-refractivity contribution in [3.63, 3.8) is 0 Å². The molecular formula is C21H26N4O2. The zero-order chi connectivity index (χ0) is 19.1. The number of carbonyl (C=O) groups is 1. The van der Waals surface area contributed by atoms with Crippen LogP contribution in [-0.4, -0.2) is 39.1 Å². The van der Waals surface area contributed by atoms with Crippen LogP contribution in [-0.2, 0) is 6.42 Å². The molecule has 27 heavy (non-hydrogen) atoms. The first-order valence-electron chi connectivity index (χ1n) is 9.21. The standard InChI is InChI=1S/C21H26N4O2/c1-22-20(26)16-7-5-6-15(14-16)10-12-24-21(23-2)25-18-11-13-27-19-9-4-3-8-17(18)19/h3-9,14,18H,10-13H2,1-2H3,(H,22,26)(H2,23,24,25). The first-order valence-corrected chi connectivity index (χ1v) is 9.21. The Morgan fingerprint density at radius 2 is 2.07 bits per heavy atom. The molecule has 1 amide bonds. The molecule has 0 saturated heterocycles. The largest absolute Gasteiger partial charge is 0.493 e. The Morgan fingerprint density at radius 3 is 2.89 bits per heavy atom. The minimum Gasteiger partial charge on any atom is -0.493 e. The molecule has 1 aliphatic rings. The third-order valence-corrected chi connectivity index (χ3v) is 4.62. The Bertz CT molecular complexity index is 819. The maximum Gasteiger partial charge on any atom is 0.251 e. The van der Waals surface area contributed by atoms with Gasteiger partial charge in [-0.05, 0) is 30.2 Å². The molecular weight excluding hydrogens is 340 g/mol. The van der Waals surface area contributed by atoms with Crippen LogP contribution in [0.1, 0.15) is 33.9 Å². The van der Waals surface area contributed by atoms with Crippen LogP contribution in [0.3, 0.4) is 0 Å². The minimum atomic E-state index is -0.0690. The van der Waals surface area contributed by atoms with Crippen LogP contribution in [0.5, 0.6) is 5.75 Å². The van der Waals surface area contributed by atoms with Gasteiger partial charge in [0.15, 0.2) is 5.96 Å². The normalized spacial score (nSPS) is 16.1. The summed E-state index contributed by atoms with van der Waals surface area (Å²) in [6, 6.07) is 16.0. The molecule has 0 saturated carbocycles. The molecule has 0 bridgehead atoms. The van der Waals surface area contributed by atoms with E-state index in [1.807, 2.05) is 42.5 Å². The SMILES string of the molecule is CN=C(NCCc1cccc(C(=O)NC)c1)NC1CCOc2ccccc21. The molecule has 2 aromatic carbocycles. The number of para-hydroxylation sites is 1. The molecule has 0 radical (unpaired) electrons. The second-order valence-corrected chi connectivity index (χ2v) is 6.40. The quantitative estimate of drug-likeness (QED) is 0.561. The topological polar surface area (TPSA) is 74.8 Å². The number of amides is 1. The van der Waals surface area contributed by atoms with E-state index >= 15 is 0 Å². The molecule has 0 spiro atoms. The van der Waals surface area contributed by atoms with Crippen molar-refractivity contribution < 1.29 is 9.53 Å². The number of benzene rings is 2. The molecule has 6 nitrogen and oxygen atoms in total. The molecule has 1 aliphatic heterocycles. The van der Waals surface area contributed by atoms with Gasteiger partial charge in [0, 0.05) is 38.2 Å². The highest BCUT2D eigenvalue weighted by molar-refractivity contribution is 5.94. The average molecular weight is 366 g/mol. The molecule has 0 aliphatic carbocycles. The van der Waals surface area contributed by atoms with E-state index < -0.39 is 0 Å². The van der Waals surface area contributed by atoms with E-state index in [4.69, 9.17) is 4.74 Å². The van der Waals surface area contributed by atoms with Gasteiger partial charge in [-0.3, -0.25) is 9.79 Å². The van der Waals surface area contributed by atoms with Gasteiger partial charge in [0.1, 0.15) is 5.75 Å². The summed E-state index contributed by atoms with van der Waals surface area (Å²) in [4.78, 5) is 16.1. The number of rotatable bonds is 5. The van der Waals surface area contributed by atoms with E-state index in [0.717, 1.165) is 42.2 Å². The maximum absolute atomic E-state index is 11.8. The van der Waals surface area contributed by atoms with Crippen molar-refractivity contribution >= 4 is 11.9 Å². The number of hydrogen-bond donors (Lipinski definition) is 3. The number of carbonyl (C=O) groups excluding carboxylic acids is 1. The fraction of sp³-hybridized carbons (Fsp3) is 0.333. The number of nitrogens with zero attached hydrogens (tertiary/aromatic N) is 1. The van der Waals surface area contributed by atoms with E-state index in [9.17, 15) is 4.79 Å². The fourth-order valence-corrected chi connectivity index (χ4v) is 3.19. The van der Waals surface area contributed by atoms with Crippen molar-refractivity contribution in [2.75, 3.05) is 27.2 Å². The first kappa shape index (κ1) is 18.8. The van der Waals surface area contributed by atoms with Gasteiger partial charge in [-0.15, -0.1) is 0 Å². The van der Waals surface area contributed by atoms with Crippen molar-refractivity contribution in [2.24, 2.45) is 4.99 Å². The van der Waals surface area contributed by atoms with Gasteiger partial charge in [-0.25, -0.2) is 0 Å². The summed E-state index contributed by atoms with van der Waals surface area (Å²) in [7, 11) is 3.41. The number of hydrogen-bond acceptors (Lipinski definition) is 3. The lowest BCUT2D eigenvalue weighted by Gasteiger charge is -2.28. The lowest BCUT2D eigenvalue weighted by Crippen LogP contribution is -2.41. The summed E-state index contributed by atoms with van der Waals surface area (Å²) in [6.07, 6.45) is 1.70. The van der Waals surface area contributed by atoms with Gasteiger partial charge >= 0.3 is 0 Å². The summed E-state index contributed by atoms with van der Waals surface area (Å²) < 4.78 is 5.71. The highest BCUT2D eigenvalue weighted by atomic mass is 16.5. The summed E-state index contributed by atoms with van der Waals surface area (Å²) in [6.45, 7) is 1.42. The van der Waals surface area contributed by atoms with Gasteiger partial charge in [0.2, 0.25) is 0 Å². The van der Waals surface area contributed by atoms with E-state index in [0.29, 0.717) is 12.2 Å². The fourth-order valence-electron chi connectivity index (χ4n) is 3.19. The summed E-state index contributed by atoms with van der Waals surface area (Å²) >= 11 is 0. The van der Waals surface area contributed by atoms with E-state index in [2.05, 4.69) is 27.0 Å². The van der Waals surface area contributed by atoms with E-state index in [1.54, 1.807) is 14.1 Å². The third-order valence-electron chi connectivity index (χ3n) is 4.62. The van der Waals surface area contributed by atoms with Crippen molar-refractivity contribution in [3.8, 4) is 5.75 Å². The molecule has 3 N–H and O–H groups in total. The Morgan fingerprint density at radius 1 is 1.22 bits per heavy atom. The van der Waals surface area contributed by atoms with E-state index in [1.165, 1.54) is 0 Å². The number of ether oxygens (including phenoxy) is 1. The van der Waals surface area contributed by atoms with Gasteiger partial charge in [-0.2, -0.15) is 0 Å². The smallest absolute Gasteiger partial charge is 0.251 e. The Labute approximate surface area is 160 Å². The predicted molar refractivity (Wildman–Crippen MR) is 107 cm³/mol. The van der Waals surface area contributed by atoms with Crippen molar-refractivity contribution in [1.29, 1.82) is 0 Å². The molecule has 1 atom stereocenters. The second-order valence-electron chi connectivity index (χ2n) is 6.40. The summed E-state index contributed by atoms with van der Waals surface area (Å²) in [5.74, 6) is 1.63. The molecule has 0 fully saturated rings. The van der Waals surface area contributed by atoms with Crippen LogP contribution in [0.2, 0.25) is 0 Å². The number of nitrogens with one attached hydrogen (secondary N) is 3.